The highest BCUT2D eigenvalue weighted by molar-refractivity contribution is 9.09. The van der Waals surface area contributed by atoms with E-state index in [1.54, 1.807) is 0 Å². The molecule has 2 fully saturated rings. The first kappa shape index (κ1) is 9.94. The van der Waals surface area contributed by atoms with Gasteiger partial charge in [0.15, 0.2) is 0 Å². The summed E-state index contributed by atoms with van der Waals surface area (Å²) >= 11 is 3.68. The Morgan fingerprint density at radius 3 is 2.38 bits per heavy atom. The summed E-state index contributed by atoms with van der Waals surface area (Å²) in [6, 6.07) is 0. The molecule has 0 aromatic heterocycles. The van der Waals surface area contributed by atoms with Crippen molar-refractivity contribution in [1.82, 2.24) is 0 Å². The van der Waals surface area contributed by atoms with E-state index < -0.39 is 0 Å². The van der Waals surface area contributed by atoms with Gasteiger partial charge in [0.1, 0.15) is 0 Å². The topological polar surface area (TPSA) is 29.5 Å². The molecular weight excluding hydrogens is 232 g/mol. The molecule has 0 aromatic carbocycles. The van der Waals surface area contributed by atoms with Gasteiger partial charge in [-0.15, -0.1) is 0 Å². The van der Waals surface area contributed by atoms with Crippen LogP contribution >= 0.6 is 15.9 Å². The highest BCUT2D eigenvalue weighted by Gasteiger charge is 2.64. The number of halogens is 1. The molecule has 0 spiro atoms. The van der Waals surface area contributed by atoms with E-state index in [1.807, 2.05) is 6.92 Å². The van der Waals surface area contributed by atoms with Gasteiger partial charge in [0.2, 0.25) is 0 Å². The molecule has 0 amide bonds. The Kier molecular flexibility index (Phi) is 2.07. The molecule has 2 aliphatic rings. The second-order valence-corrected chi connectivity index (χ2v) is 6.02. The van der Waals surface area contributed by atoms with E-state index in [4.69, 9.17) is 4.74 Å². The lowest BCUT2D eigenvalue weighted by Gasteiger charge is -2.34. The van der Waals surface area contributed by atoms with E-state index >= 15 is 0 Å². The van der Waals surface area contributed by atoms with Gasteiger partial charge in [-0.25, -0.2) is 0 Å². The zero-order valence-electron chi connectivity index (χ0n) is 8.38. The molecule has 0 saturated carbocycles. The number of fused-ring (bicyclic) bond motifs is 2. The molecule has 2 aliphatic heterocycles. The Hall–Kier alpha value is 0.400. The Balaban J connectivity index is 2.32. The molecule has 3 heteroatoms. The fourth-order valence-corrected chi connectivity index (χ4v) is 4.13. The molecule has 0 radical (unpaired) electrons. The summed E-state index contributed by atoms with van der Waals surface area (Å²) in [7, 11) is 0. The summed E-state index contributed by atoms with van der Waals surface area (Å²) in [6.07, 6.45) is 1.41. The molecule has 2 bridgehead atoms. The van der Waals surface area contributed by atoms with Crippen LogP contribution in [0, 0.1) is 5.92 Å². The molecule has 76 valence electrons. The van der Waals surface area contributed by atoms with E-state index in [9.17, 15) is 5.11 Å². The Morgan fingerprint density at radius 2 is 2.08 bits per heavy atom. The van der Waals surface area contributed by atoms with E-state index in [2.05, 4.69) is 29.8 Å². The van der Waals surface area contributed by atoms with Gasteiger partial charge in [0.25, 0.3) is 0 Å². The van der Waals surface area contributed by atoms with Gasteiger partial charge in [-0.1, -0.05) is 29.8 Å². The summed E-state index contributed by atoms with van der Waals surface area (Å²) in [4.78, 5) is 0.397. The predicted molar refractivity (Wildman–Crippen MR) is 55.0 cm³/mol. The lowest BCUT2D eigenvalue weighted by molar-refractivity contribution is -0.0791. The predicted octanol–water partition coefficient (Wildman–Crippen LogP) is 2.09. The smallest absolute Gasteiger partial charge is 0.0933 e. The van der Waals surface area contributed by atoms with Crippen molar-refractivity contribution < 1.29 is 9.84 Å². The number of alkyl halides is 1. The van der Waals surface area contributed by atoms with Crippen LogP contribution in [0.3, 0.4) is 0 Å². The second kappa shape index (κ2) is 2.71. The van der Waals surface area contributed by atoms with Crippen molar-refractivity contribution >= 4 is 15.9 Å². The normalized spacial score (nSPS) is 54.9. The summed E-state index contributed by atoms with van der Waals surface area (Å²) < 4.78 is 6.04. The SMILES string of the molecule is CC(C)[C@]12C[C@@H](O)[C@](C)(C[C@@H]1Br)O2. The molecule has 0 aromatic rings. The van der Waals surface area contributed by atoms with Gasteiger partial charge in [-0.3, -0.25) is 0 Å². The molecule has 0 aliphatic carbocycles. The van der Waals surface area contributed by atoms with Gasteiger partial charge < -0.3 is 9.84 Å². The van der Waals surface area contributed by atoms with Crippen molar-refractivity contribution in [3.63, 3.8) is 0 Å². The van der Waals surface area contributed by atoms with Crippen LogP contribution in [0.15, 0.2) is 0 Å². The molecule has 2 saturated heterocycles. The van der Waals surface area contributed by atoms with Crippen LogP contribution in [0.25, 0.3) is 0 Å². The first-order valence-corrected chi connectivity index (χ1v) is 5.84. The summed E-state index contributed by atoms with van der Waals surface area (Å²) in [6.45, 7) is 6.35. The number of aliphatic hydroxyl groups is 1. The average molecular weight is 249 g/mol. The molecule has 2 rings (SSSR count). The monoisotopic (exact) mass is 248 g/mol. The number of rotatable bonds is 1. The Morgan fingerprint density at radius 1 is 1.46 bits per heavy atom. The third-order valence-electron chi connectivity index (χ3n) is 3.73. The van der Waals surface area contributed by atoms with Crippen molar-refractivity contribution in [3.8, 4) is 0 Å². The van der Waals surface area contributed by atoms with E-state index in [-0.39, 0.29) is 17.3 Å². The van der Waals surface area contributed by atoms with Crippen LogP contribution in [-0.4, -0.2) is 27.2 Å². The standard InChI is InChI=1S/C10H17BrO2/c1-6(2)10-5-8(12)9(3,13-10)4-7(10)11/h6-8,12H,4-5H2,1-3H3/t7-,8+,9-,10+/m0/s1. The largest absolute Gasteiger partial charge is 0.390 e. The molecule has 4 atom stereocenters. The molecule has 2 heterocycles. The van der Waals surface area contributed by atoms with E-state index in [1.165, 1.54) is 0 Å². The Labute approximate surface area is 87.8 Å². The second-order valence-electron chi connectivity index (χ2n) is 4.92. The molecule has 1 N–H and O–H groups in total. The van der Waals surface area contributed by atoms with Crippen LogP contribution in [0.2, 0.25) is 0 Å². The van der Waals surface area contributed by atoms with E-state index in [0.29, 0.717) is 10.7 Å². The maximum atomic E-state index is 9.86. The lowest BCUT2D eigenvalue weighted by Crippen LogP contribution is -2.43. The van der Waals surface area contributed by atoms with Crippen molar-refractivity contribution in [1.29, 1.82) is 0 Å². The van der Waals surface area contributed by atoms with Crippen LogP contribution in [-0.2, 0) is 4.74 Å². The van der Waals surface area contributed by atoms with Gasteiger partial charge in [-0.05, 0) is 19.3 Å². The van der Waals surface area contributed by atoms with Crippen molar-refractivity contribution in [2.24, 2.45) is 5.92 Å². The zero-order valence-corrected chi connectivity index (χ0v) is 9.97. The molecular formula is C10H17BrO2. The zero-order chi connectivity index (χ0) is 9.85. The number of hydrogen-bond acceptors (Lipinski definition) is 2. The minimum atomic E-state index is -0.307. The molecule has 2 nitrogen and oxygen atoms in total. The van der Waals surface area contributed by atoms with Gasteiger partial charge in [-0.2, -0.15) is 0 Å². The summed E-state index contributed by atoms with van der Waals surface area (Å²) in [5.74, 6) is 0.454. The first-order chi connectivity index (χ1) is 5.91. The molecule has 0 unspecified atom stereocenters. The Bertz CT molecular complexity index is 231. The lowest BCUT2D eigenvalue weighted by atomic mass is 9.75. The fourth-order valence-electron chi connectivity index (χ4n) is 2.68. The van der Waals surface area contributed by atoms with Crippen LogP contribution < -0.4 is 0 Å². The van der Waals surface area contributed by atoms with Gasteiger partial charge in [0.05, 0.1) is 17.3 Å². The van der Waals surface area contributed by atoms with Crippen molar-refractivity contribution in [3.05, 3.63) is 0 Å². The minimum Gasteiger partial charge on any atom is -0.390 e. The van der Waals surface area contributed by atoms with Gasteiger partial charge in [0, 0.05) is 11.2 Å². The number of ether oxygens (including phenoxy) is 1. The van der Waals surface area contributed by atoms with Crippen molar-refractivity contribution in [2.75, 3.05) is 0 Å². The third kappa shape index (κ3) is 1.13. The van der Waals surface area contributed by atoms with Crippen LogP contribution in [0.4, 0.5) is 0 Å². The summed E-state index contributed by atoms with van der Waals surface area (Å²) in [5.41, 5.74) is -0.438. The van der Waals surface area contributed by atoms with Crippen LogP contribution in [0.5, 0.6) is 0 Å². The average Bonchev–Trinajstić information content (AvgIpc) is 2.37. The van der Waals surface area contributed by atoms with Crippen LogP contribution in [0.1, 0.15) is 33.6 Å². The van der Waals surface area contributed by atoms with E-state index in [0.717, 1.165) is 12.8 Å². The highest BCUT2D eigenvalue weighted by Crippen LogP contribution is 2.56. The number of aliphatic hydroxyl groups excluding tert-OH is 1. The van der Waals surface area contributed by atoms with Crippen molar-refractivity contribution in [2.45, 2.75) is 55.7 Å². The summed E-state index contributed by atoms with van der Waals surface area (Å²) in [5, 5.41) is 9.86. The first-order valence-electron chi connectivity index (χ1n) is 4.93. The van der Waals surface area contributed by atoms with Gasteiger partial charge >= 0.3 is 0 Å². The third-order valence-corrected chi connectivity index (χ3v) is 4.83. The maximum absolute atomic E-state index is 9.86. The molecule has 13 heavy (non-hydrogen) atoms. The quantitative estimate of drug-likeness (QED) is 0.721. The fraction of sp³-hybridized carbons (Fsp3) is 1.00. The highest BCUT2D eigenvalue weighted by atomic mass is 79.9. The minimum absolute atomic E-state index is 0.131. The number of hydrogen-bond donors (Lipinski definition) is 1. The maximum Gasteiger partial charge on any atom is 0.0933 e.